The van der Waals surface area contributed by atoms with E-state index in [1.807, 2.05) is 0 Å². The summed E-state index contributed by atoms with van der Waals surface area (Å²) in [6.45, 7) is 1.93. The number of rotatable bonds is 3. The predicted octanol–water partition coefficient (Wildman–Crippen LogP) is 2.88. The number of nitrogens with one attached hydrogen (secondary N) is 2. The van der Waals surface area contributed by atoms with Gasteiger partial charge in [0.1, 0.15) is 5.82 Å². The Kier molecular flexibility index (Phi) is 4.15. The summed E-state index contributed by atoms with van der Waals surface area (Å²) in [7, 11) is 0. The molecule has 2 heterocycles. The lowest BCUT2D eigenvalue weighted by atomic mass is 9.98. The van der Waals surface area contributed by atoms with Crippen LogP contribution < -0.4 is 5.32 Å². The molecular weight excluding hydrogens is 293 g/mol. The van der Waals surface area contributed by atoms with Gasteiger partial charge in [0.15, 0.2) is 5.82 Å². The molecule has 0 unspecified atom stereocenters. The van der Waals surface area contributed by atoms with Crippen molar-refractivity contribution in [3.63, 3.8) is 0 Å². The van der Waals surface area contributed by atoms with E-state index in [-0.39, 0.29) is 0 Å². The molecule has 1 aromatic heterocycles. The standard InChI is InChI=1S/C15H17F3N4/c16-15(17,18)12-3-1-10(2-4-12)9-13-20-14(22-21-13)11-5-7-19-8-6-11/h1-4,11,19H,5-9H2,(H,20,21,22). The van der Waals surface area contributed by atoms with Gasteiger partial charge < -0.3 is 5.32 Å². The summed E-state index contributed by atoms with van der Waals surface area (Å²) in [6, 6.07) is 5.16. The molecule has 7 heteroatoms. The van der Waals surface area contributed by atoms with Crippen LogP contribution in [-0.4, -0.2) is 28.3 Å². The Bertz CT molecular complexity index is 612. The first kappa shape index (κ1) is 15.0. The molecule has 2 aromatic rings. The van der Waals surface area contributed by atoms with Gasteiger partial charge in [-0.25, -0.2) is 4.98 Å². The summed E-state index contributed by atoms with van der Waals surface area (Å²) in [5.41, 5.74) is 0.144. The normalized spacial score (nSPS) is 16.9. The topological polar surface area (TPSA) is 53.6 Å². The van der Waals surface area contributed by atoms with Gasteiger partial charge in [0.05, 0.1) is 5.56 Å². The van der Waals surface area contributed by atoms with Crippen LogP contribution in [0, 0.1) is 0 Å². The van der Waals surface area contributed by atoms with Crippen LogP contribution in [0.5, 0.6) is 0 Å². The Balaban J connectivity index is 1.67. The maximum absolute atomic E-state index is 12.5. The third kappa shape index (κ3) is 3.47. The number of benzene rings is 1. The molecule has 1 aliphatic heterocycles. The molecular formula is C15H17F3N4. The zero-order valence-electron chi connectivity index (χ0n) is 12.0. The molecule has 22 heavy (non-hydrogen) atoms. The quantitative estimate of drug-likeness (QED) is 0.916. The van der Waals surface area contributed by atoms with Crippen LogP contribution in [-0.2, 0) is 12.6 Å². The number of piperidine rings is 1. The summed E-state index contributed by atoms with van der Waals surface area (Å²) < 4.78 is 37.6. The molecule has 1 saturated heterocycles. The van der Waals surface area contributed by atoms with Crippen molar-refractivity contribution in [1.29, 1.82) is 0 Å². The minimum atomic E-state index is -4.30. The number of aromatic amines is 1. The van der Waals surface area contributed by atoms with Crippen molar-refractivity contribution in [1.82, 2.24) is 20.5 Å². The molecule has 1 fully saturated rings. The second-order valence-corrected chi connectivity index (χ2v) is 5.54. The lowest BCUT2D eigenvalue weighted by Gasteiger charge is -2.19. The van der Waals surface area contributed by atoms with Crippen molar-refractivity contribution in [3.8, 4) is 0 Å². The van der Waals surface area contributed by atoms with Gasteiger partial charge in [-0.15, -0.1) is 0 Å². The Labute approximate surface area is 126 Å². The summed E-state index contributed by atoms with van der Waals surface area (Å²) >= 11 is 0. The molecule has 1 aliphatic rings. The van der Waals surface area contributed by atoms with Crippen LogP contribution >= 0.6 is 0 Å². The number of halogens is 3. The molecule has 3 rings (SSSR count). The van der Waals surface area contributed by atoms with Crippen LogP contribution in [0.15, 0.2) is 24.3 Å². The number of aromatic nitrogens is 3. The van der Waals surface area contributed by atoms with Gasteiger partial charge in [0, 0.05) is 12.3 Å². The minimum absolute atomic E-state index is 0.360. The van der Waals surface area contributed by atoms with Crippen molar-refractivity contribution in [2.24, 2.45) is 0 Å². The van der Waals surface area contributed by atoms with Gasteiger partial charge >= 0.3 is 6.18 Å². The van der Waals surface area contributed by atoms with E-state index in [2.05, 4.69) is 20.5 Å². The van der Waals surface area contributed by atoms with Crippen LogP contribution in [0.25, 0.3) is 0 Å². The summed E-state index contributed by atoms with van der Waals surface area (Å²) in [5, 5.41) is 10.4. The molecule has 0 spiro atoms. The van der Waals surface area contributed by atoms with Crippen LogP contribution in [0.3, 0.4) is 0 Å². The fourth-order valence-corrected chi connectivity index (χ4v) is 2.66. The zero-order chi connectivity index (χ0) is 15.6. The Morgan fingerprint density at radius 1 is 1.09 bits per heavy atom. The largest absolute Gasteiger partial charge is 0.416 e. The lowest BCUT2D eigenvalue weighted by Crippen LogP contribution is -2.27. The molecule has 118 valence electrons. The summed E-state index contributed by atoms with van der Waals surface area (Å²) in [5.74, 6) is 1.86. The molecule has 0 aliphatic carbocycles. The summed E-state index contributed by atoms with van der Waals surface area (Å²) in [4.78, 5) is 4.48. The van der Waals surface area contributed by atoms with Gasteiger partial charge in [0.2, 0.25) is 0 Å². The van der Waals surface area contributed by atoms with E-state index in [0.717, 1.165) is 49.5 Å². The molecule has 4 nitrogen and oxygen atoms in total. The van der Waals surface area contributed by atoms with Crippen molar-refractivity contribution < 1.29 is 13.2 Å². The van der Waals surface area contributed by atoms with Gasteiger partial charge in [-0.2, -0.15) is 18.3 Å². The average Bonchev–Trinajstić information content (AvgIpc) is 2.96. The second kappa shape index (κ2) is 6.08. The smallest absolute Gasteiger partial charge is 0.317 e. The van der Waals surface area contributed by atoms with E-state index < -0.39 is 11.7 Å². The minimum Gasteiger partial charge on any atom is -0.317 e. The number of nitrogens with zero attached hydrogens (tertiary/aromatic N) is 2. The van der Waals surface area contributed by atoms with E-state index in [1.165, 1.54) is 12.1 Å². The molecule has 0 saturated carbocycles. The highest BCUT2D eigenvalue weighted by Crippen LogP contribution is 2.29. The first-order chi connectivity index (χ1) is 10.5. The monoisotopic (exact) mass is 310 g/mol. The highest BCUT2D eigenvalue weighted by Gasteiger charge is 2.30. The Morgan fingerprint density at radius 2 is 1.77 bits per heavy atom. The third-order valence-corrected chi connectivity index (χ3v) is 3.91. The third-order valence-electron chi connectivity index (χ3n) is 3.91. The van der Waals surface area contributed by atoms with Crippen molar-refractivity contribution in [3.05, 3.63) is 47.0 Å². The maximum Gasteiger partial charge on any atom is 0.416 e. The fourth-order valence-electron chi connectivity index (χ4n) is 2.66. The van der Waals surface area contributed by atoms with E-state index >= 15 is 0 Å². The van der Waals surface area contributed by atoms with Crippen LogP contribution in [0.2, 0.25) is 0 Å². The van der Waals surface area contributed by atoms with E-state index in [1.54, 1.807) is 0 Å². The van der Waals surface area contributed by atoms with Crippen molar-refractivity contribution in [2.75, 3.05) is 13.1 Å². The first-order valence-electron chi connectivity index (χ1n) is 7.30. The number of alkyl halides is 3. The van der Waals surface area contributed by atoms with Gasteiger partial charge in [-0.1, -0.05) is 12.1 Å². The molecule has 1 aromatic carbocycles. The SMILES string of the molecule is FC(F)(F)c1ccc(Cc2nc(C3CCNCC3)n[nH]2)cc1. The summed E-state index contributed by atoms with van der Waals surface area (Å²) in [6.07, 6.45) is -1.82. The van der Waals surface area contributed by atoms with Crippen LogP contribution in [0.1, 0.15) is 41.5 Å². The molecule has 0 atom stereocenters. The van der Waals surface area contributed by atoms with E-state index in [4.69, 9.17) is 0 Å². The predicted molar refractivity (Wildman–Crippen MR) is 75.5 cm³/mol. The van der Waals surface area contributed by atoms with Gasteiger partial charge in [0.25, 0.3) is 0 Å². The molecule has 0 radical (unpaired) electrons. The lowest BCUT2D eigenvalue weighted by molar-refractivity contribution is -0.137. The number of hydrogen-bond acceptors (Lipinski definition) is 3. The van der Waals surface area contributed by atoms with Crippen LogP contribution in [0.4, 0.5) is 13.2 Å². The molecule has 0 amide bonds. The highest BCUT2D eigenvalue weighted by atomic mass is 19.4. The van der Waals surface area contributed by atoms with Gasteiger partial charge in [-0.05, 0) is 43.6 Å². The zero-order valence-corrected chi connectivity index (χ0v) is 12.0. The van der Waals surface area contributed by atoms with Crippen molar-refractivity contribution >= 4 is 0 Å². The first-order valence-corrected chi connectivity index (χ1v) is 7.30. The molecule has 2 N–H and O–H groups in total. The average molecular weight is 310 g/mol. The van der Waals surface area contributed by atoms with Crippen molar-refractivity contribution in [2.45, 2.75) is 31.4 Å². The maximum atomic E-state index is 12.5. The Hall–Kier alpha value is -1.89. The highest BCUT2D eigenvalue weighted by molar-refractivity contribution is 5.26. The van der Waals surface area contributed by atoms with E-state index in [9.17, 15) is 13.2 Å². The Morgan fingerprint density at radius 3 is 2.41 bits per heavy atom. The number of hydrogen-bond donors (Lipinski definition) is 2. The fraction of sp³-hybridized carbons (Fsp3) is 0.467. The van der Waals surface area contributed by atoms with Gasteiger partial charge in [-0.3, -0.25) is 5.10 Å². The second-order valence-electron chi connectivity index (χ2n) is 5.54. The number of H-pyrrole nitrogens is 1. The van der Waals surface area contributed by atoms with E-state index in [0.29, 0.717) is 18.2 Å². The molecule has 0 bridgehead atoms.